The van der Waals surface area contributed by atoms with Gasteiger partial charge >= 0.3 is 0 Å². The minimum absolute atomic E-state index is 0.0187. The van der Waals surface area contributed by atoms with E-state index in [-0.39, 0.29) is 17.9 Å². The summed E-state index contributed by atoms with van der Waals surface area (Å²) in [6.07, 6.45) is 2.88. The zero-order valence-corrected chi connectivity index (χ0v) is 14.3. The largest absolute Gasteiger partial charge is 0.378 e. The predicted octanol–water partition coefficient (Wildman–Crippen LogP) is 2.54. The average Bonchev–Trinajstić information content (AvgIpc) is 2.54. The smallest absolute Gasteiger partial charge is 0.257 e. The maximum absolute atomic E-state index is 12.3. The average molecular weight is 326 g/mol. The highest BCUT2D eigenvalue weighted by Crippen LogP contribution is 2.16. The topological polar surface area (TPSA) is 74.3 Å². The minimum Gasteiger partial charge on any atom is -0.378 e. The van der Waals surface area contributed by atoms with Crippen LogP contribution in [0.4, 0.5) is 11.4 Å². The molecule has 0 spiro atoms. The van der Waals surface area contributed by atoms with Gasteiger partial charge in [-0.1, -0.05) is 0 Å². The molecule has 0 aliphatic heterocycles. The molecule has 0 saturated heterocycles. The number of pyridine rings is 1. The molecule has 2 aromatic rings. The second kappa shape index (κ2) is 7.59. The SMILES string of the molecule is CC(C)NC(=O)c1cncc(C(=O)Nc2ccc(N(C)C)cc2)c1. The summed E-state index contributed by atoms with van der Waals surface area (Å²) in [5, 5.41) is 5.58. The van der Waals surface area contributed by atoms with E-state index in [2.05, 4.69) is 15.6 Å². The Morgan fingerprint density at radius 3 is 2.12 bits per heavy atom. The van der Waals surface area contributed by atoms with Gasteiger partial charge in [-0.2, -0.15) is 0 Å². The fourth-order valence-electron chi connectivity index (χ4n) is 2.08. The highest BCUT2D eigenvalue weighted by Gasteiger charge is 2.12. The van der Waals surface area contributed by atoms with Crippen LogP contribution in [0.2, 0.25) is 0 Å². The molecule has 0 radical (unpaired) electrons. The summed E-state index contributed by atoms with van der Waals surface area (Å²) in [7, 11) is 3.90. The first kappa shape index (κ1) is 17.5. The highest BCUT2D eigenvalue weighted by atomic mass is 16.2. The Bertz CT molecular complexity index is 724. The van der Waals surface area contributed by atoms with Crippen molar-refractivity contribution in [2.24, 2.45) is 0 Å². The number of hydrogen-bond acceptors (Lipinski definition) is 4. The molecule has 6 heteroatoms. The van der Waals surface area contributed by atoms with E-state index >= 15 is 0 Å². The predicted molar refractivity (Wildman–Crippen MR) is 95.6 cm³/mol. The lowest BCUT2D eigenvalue weighted by Gasteiger charge is -2.13. The third kappa shape index (κ3) is 4.55. The van der Waals surface area contributed by atoms with Crippen LogP contribution in [0, 0.1) is 0 Å². The summed E-state index contributed by atoms with van der Waals surface area (Å²) < 4.78 is 0. The standard InChI is InChI=1S/C18H22N4O2/c1-12(2)20-17(23)13-9-14(11-19-10-13)18(24)21-15-5-7-16(8-6-15)22(3)4/h5-12H,1-4H3,(H,20,23)(H,21,24). The number of carbonyl (C=O) groups excluding carboxylic acids is 2. The molecule has 6 nitrogen and oxygen atoms in total. The fourth-order valence-corrected chi connectivity index (χ4v) is 2.08. The summed E-state index contributed by atoms with van der Waals surface area (Å²) in [5.41, 5.74) is 2.42. The first-order chi connectivity index (χ1) is 11.4. The van der Waals surface area contributed by atoms with Gasteiger partial charge in [0.2, 0.25) is 0 Å². The lowest BCUT2D eigenvalue weighted by Crippen LogP contribution is -2.30. The Hall–Kier alpha value is -2.89. The number of nitrogens with one attached hydrogen (secondary N) is 2. The zero-order valence-electron chi connectivity index (χ0n) is 14.3. The van der Waals surface area contributed by atoms with Crippen molar-refractivity contribution in [3.63, 3.8) is 0 Å². The van der Waals surface area contributed by atoms with Gasteiger partial charge in [0.05, 0.1) is 11.1 Å². The van der Waals surface area contributed by atoms with Crippen LogP contribution in [-0.2, 0) is 0 Å². The number of benzene rings is 1. The Labute approximate surface area is 141 Å². The molecule has 24 heavy (non-hydrogen) atoms. The van der Waals surface area contributed by atoms with E-state index < -0.39 is 0 Å². The molecule has 2 rings (SSSR count). The van der Waals surface area contributed by atoms with Crippen molar-refractivity contribution in [3.8, 4) is 0 Å². The molecule has 1 aromatic heterocycles. The van der Waals surface area contributed by atoms with Crippen LogP contribution in [0.5, 0.6) is 0 Å². The molecule has 0 saturated carbocycles. The molecule has 0 bridgehead atoms. The molecular formula is C18H22N4O2. The van der Waals surface area contributed by atoms with Gasteiger partial charge < -0.3 is 15.5 Å². The van der Waals surface area contributed by atoms with E-state index in [0.29, 0.717) is 16.8 Å². The molecule has 0 aliphatic rings. The lowest BCUT2D eigenvalue weighted by atomic mass is 10.1. The highest BCUT2D eigenvalue weighted by molar-refractivity contribution is 6.05. The third-order valence-corrected chi connectivity index (χ3v) is 3.32. The molecule has 0 atom stereocenters. The van der Waals surface area contributed by atoms with E-state index in [9.17, 15) is 9.59 Å². The van der Waals surface area contributed by atoms with Crippen LogP contribution in [-0.4, -0.2) is 36.9 Å². The second-order valence-electron chi connectivity index (χ2n) is 5.99. The number of hydrogen-bond donors (Lipinski definition) is 2. The summed E-state index contributed by atoms with van der Waals surface area (Å²) in [5.74, 6) is -0.554. The molecule has 2 N–H and O–H groups in total. The second-order valence-corrected chi connectivity index (χ2v) is 5.99. The van der Waals surface area contributed by atoms with E-state index in [1.165, 1.54) is 18.5 Å². The molecule has 126 valence electrons. The molecule has 1 aromatic carbocycles. The minimum atomic E-state index is -0.306. The number of rotatable bonds is 5. The monoisotopic (exact) mass is 326 g/mol. The van der Waals surface area contributed by atoms with Gasteiger partial charge in [0.25, 0.3) is 11.8 Å². The van der Waals surface area contributed by atoms with Crippen LogP contribution in [0.25, 0.3) is 0 Å². The summed E-state index contributed by atoms with van der Waals surface area (Å²) >= 11 is 0. The van der Waals surface area contributed by atoms with Crippen molar-refractivity contribution in [3.05, 3.63) is 53.9 Å². The van der Waals surface area contributed by atoms with Gasteiger partial charge in [0.15, 0.2) is 0 Å². The van der Waals surface area contributed by atoms with Crippen molar-refractivity contribution in [2.75, 3.05) is 24.3 Å². The Morgan fingerprint density at radius 1 is 1.00 bits per heavy atom. The maximum atomic E-state index is 12.3. The van der Waals surface area contributed by atoms with E-state index in [1.807, 2.05) is 57.1 Å². The van der Waals surface area contributed by atoms with E-state index in [0.717, 1.165) is 5.69 Å². The lowest BCUT2D eigenvalue weighted by molar-refractivity contribution is 0.0942. The first-order valence-electron chi connectivity index (χ1n) is 7.71. The number of carbonyl (C=O) groups is 2. The van der Waals surface area contributed by atoms with Crippen molar-refractivity contribution >= 4 is 23.2 Å². The van der Waals surface area contributed by atoms with Crippen molar-refractivity contribution in [1.29, 1.82) is 0 Å². The fraction of sp³-hybridized carbons (Fsp3) is 0.278. The Morgan fingerprint density at radius 2 is 1.58 bits per heavy atom. The van der Waals surface area contributed by atoms with Crippen LogP contribution in [0.15, 0.2) is 42.7 Å². The third-order valence-electron chi connectivity index (χ3n) is 3.32. The van der Waals surface area contributed by atoms with Gasteiger partial charge in [0, 0.05) is 43.9 Å². The van der Waals surface area contributed by atoms with Gasteiger partial charge in [-0.15, -0.1) is 0 Å². The summed E-state index contributed by atoms with van der Waals surface area (Å²) in [6, 6.07) is 9.05. The summed E-state index contributed by atoms with van der Waals surface area (Å²) in [4.78, 5) is 30.3. The molecular weight excluding hydrogens is 304 g/mol. The van der Waals surface area contributed by atoms with Gasteiger partial charge in [-0.3, -0.25) is 14.6 Å². The molecule has 2 amide bonds. The first-order valence-corrected chi connectivity index (χ1v) is 7.71. The van der Waals surface area contributed by atoms with Gasteiger partial charge in [-0.05, 0) is 44.2 Å². The Balaban J connectivity index is 2.11. The quantitative estimate of drug-likeness (QED) is 0.885. The molecule has 0 unspecified atom stereocenters. The molecule has 0 fully saturated rings. The summed E-state index contributed by atoms with van der Waals surface area (Å²) in [6.45, 7) is 3.75. The van der Waals surface area contributed by atoms with E-state index in [1.54, 1.807) is 0 Å². The van der Waals surface area contributed by atoms with Gasteiger partial charge in [0.1, 0.15) is 0 Å². The number of anilines is 2. The normalized spacial score (nSPS) is 10.4. The van der Waals surface area contributed by atoms with Crippen molar-refractivity contribution < 1.29 is 9.59 Å². The van der Waals surface area contributed by atoms with Crippen LogP contribution < -0.4 is 15.5 Å². The van der Waals surface area contributed by atoms with E-state index in [4.69, 9.17) is 0 Å². The Kier molecular flexibility index (Phi) is 5.52. The maximum Gasteiger partial charge on any atom is 0.257 e. The number of nitrogens with zero attached hydrogens (tertiary/aromatic N) is 2. The zero-order chi connectivity index (χ0) is 17.7. The van der Waals surface area contributed by atoms with Crippen LogP contribution in [0.3, 0.4) is 0 Å². The van der Waals surface area contributed by atoms with Crippen LogP contribution in [0.1, 0.15) is 34.6 Å². The van der Waals surface area contributed by atoms with Gasteiger partial charge in [-0.25, -0.2) is 0 Å². The number of amides is 2. The van der Waals surface area contributed by atoms with Crippen LogP contribution >= 0.6 is 0 Å². The van der Waals surface area contributed by atoms with Crippen molar-refractivity contribution in [2.45, 2.75) is 19.9 Å². The number of aromatic nitrogens is 1. The molecule has 0 aliphatic carbocycles. The van der Waals surface area contributed by atoms with Crippen molar-refractivity contribution in [1.82, 2.24) is 10.3 Å². The molecule has 1 heterocycles.